The van der Waals surface area contributed by atoms with E-state index in [9.17, 15) is 4.79 Å². The predicted molar refractivity (Wildman–Crippen MR) is 67.6 cm³/mol. The lowest BCUT2D eigenvalue weighted by Crippen LogP contribution is -2.16. The number of carbonyl (C=O) groups is 1. The Hall–Kier alpha value is -2.23. The maximum absolute atomic E-state index is 11.3. The van der Waals surface area contributed by atoms with Crippen molar-refractivity contribution in [3.8, 4) is 5.75 Å². The van der Waals surface area contributed by atoms with E-state index in [2.05, 4.69) is 5.32 Å². The molecule has 0 saturated heterocycles. The van der Waals surface area contributed by atoms with Crippen molar-refractivity contribution in [3.05, 3.63) is 53.5 Å². The Morgan fingerprint density at radius 1 is 1.33 bits per heavy atom. The maximum atomic E-state index is 11.3. The summed E-state index contributed by atoms with van der Waals surface area (Å²) in [6, 6.07) is 11.1. The molecule has 0 aliphatic heterocycles. The Morgan fingerprint density at radius 2 is 2.17 bits per heavy atom. The molecule has 94 valence electrons. The van der Waals surface area contributed by atoms with Crippen molar-refractivity contribution in [2.75, 3.05) is 7.05 Å². The summed E-state index contributed by atoms with van der Waals surface area (Å²) in [5.74, 6) is 1.46. The van der Waals surface area contributed by atoms with Gasteiger partial charge in [-0.1, -0.05) is 12.1 Å². The van der Waals surface area contributed by atoms with Crippen LogP contribution in [0.15, 0.2) is 40.8 Å². The molecular weight excluding hydrogens is 230 g/mol. The minimum atomic E-state index is -0.239. The van der Waals surface area contributed by atoms with E-state index in [0.717, 1.165) is 11.3 Å². The standard InChI is InChI=1S/C14H15NO3/c1-10-4-3-5-11(8-10)17-9-12-6-7-13(18-12)14(16)15-2/h3-8H,9H2,1-2H3,(H,15,16). The molecule has 0 saturated carbocycles. The van der Waals surface area contributed by atoms with Crippen molar-refractivity contribution in [3.63, 3.8) is 0 Å². The molecule has 1 amide bonds. The van der Waals surface area contributed by atoms with Crippen LogP contribution in [0.1, 0.15) is 21.9 Å². The van der Waals surface area contributed by atoms with Gasteiger partial charge in [0.1, 0.15) is 18.1 Å². The molecule has 0 radical (unpaired) electrons. The summed E-state index contributed by atoms with van der Waals surface area (Å²) in [6.45, 7) is 2.31. The highest BCUT2D eigenvalue weighted by Gasteiger charge is 2.09. The van der Waals surface area contributed by atoms with Gasteiger partial charge in [-0.25, -0.2) is 0 Å². The van der Waals surface area contributed by atoms with Crippen LogP contribution < -0.4 is 10.1 Å². The van der Waals surface area contributed by atoms with Gasteiger partial charge < -0.3 is 14.5 Å². The first-order valence-corrected chi connectivity index (χ1v) is 5.69. The summed E-state index contributed by atoms with van der Waals surface area (Å²) in [5.41, 5.74) is 1.14. The Labute approximate surface area is 106 Å². The number of aryl methyl sites for hydroxylation is 1. The lowest BCUT2D eigenvalue weighted by molar-refractivity contribution is 0.0931. The Balaban J connectivity index is 1.98. The van der Waals surface area contributed by atoms with E-state index in [1.807, 2.05) is 31.2 Å². The molecule has 2 aromatic rings. The van der Waals surface area contributed by atoms with Gasteiger partial charge in [-0.15, -0.1) is 0 Å². The van der Waals surface area contributed by atoms with Crippen LogP contribution in [0.5, 0.6) is 5.75 Å². The zero-order valence-corrected chi connectivity index (χ0v) is 10.4. The largest absolute Gasteiger partial charge is 0.486 e. The van der Waals surface area contributed by atoms with E-state index >= 15 is 0 Å². The molecule has 1 aromatic heterocycles. The average molecular weight is 245 g/mol. The highest BCUT2D eigenvalue weighted by atomic mass is 16.5. The van der Waals surface area contributed by atoms with Crippen molar-refractivity contribution in [2.45, 2.75) is 13.5 Å². The van der Waals surface area contributed by atoms with Gasteiger partial charge >= 0.3 is 0 Å². The average Bonchev–Trinajstić information content (AvgIpc) is 2.84. The van der Waals surface area contributed by atoms with Gasteiger partial charge in [0, 0.05) is 7.05 Å². The number of rotatable bonds is 4. The molecule has 0 aliphatic carbocycles. The highest BCUT2D eigenvalue weighted by Crippen LogP contribution is 2.15. The number of amides is 1. The van der Waals surface area contributed by atoms with Crippen LogP contribution in [0, 0.1) is 6.92 Å². The predicted octanol–water partition coefficient (Wildman–Crippen LogP) is 2.53. The molecule has 4 nitrogen and oxygen atoms in total. The van der Waals surface area contributed by atoms with Crippen LogP contribution in [0.3, 0.4) is 0 Å². The van der Waals surface area contributed by atoms with Crippen LogP contribution >= 0.6 is 0 Å². The van der Waals surface area contributed by atoms with E-state index in [-0.39, 0.29) is 5.91 Å². The number of hydrogen-bond donors (Lipinski definition) is 1. The number of benzene rings is 1. The minimum Gasteiger partial charge on any atom is -0.486 e. The van der Waals surface area contributed by atoms with Gasteiger partial charge in [-0.3, -0.25) is 4.79 Å². The molecule has 1 N–H and O–H groups in total. The second kappa shape index (κ2) is 5.40. The van der Waals surface area contributed by atoms with Gasteiger partial charge in [0.2, 0.25) is 0 Å². The first-order chi connectivity index (χ1) is 8.69. The molecule has 0 unspecified atom stereocenters. The molecule has 0 aliphatic rings. The molecule has 4 heteroatoms. The molecule has 18 heavy (non-hydrogen) atoms. The fourth-order valence-electron chi connectivity index (χ4n) is 1.56. The zero-order valence-electron chi connectivity index (χ0n) is 10.4. The Morgan fingerprint density at radius 3 is 2.89 bits per heavy atom. The lowest BCUT2D eigenvalue weighted by Gasteiger charge is -2.04. The second-order valence-electron chi connectivity index (χ2n) is 3.95. The normalized spacial score (nSPS) is 10.1. The molecule has 0 fully saturated rings. The molecule has 2 rings (SSSR count). The van der Waals surface area contributed by atoms with Crippen LogP contribution in [-0.2, 0) is 6.61 Å². The first-order valence-electron chi connectivity index (χ1n) is 5.69. The third-order valence-corrected chi connectivity index (χ3v) is 2.48. The number of ether oxygens (including phenoxy) is 1. The number of furan rings is 1. The smallest absolute Gasteiger partial charge is 0.286 e. The van der Waals surface area contributed by atoms with Crippen molar-refractivity contribution in [1.82, 2.24) is 5.32 Å². The molecule has 0 atom stereocenters. The summed E-state index contributed by atoms with van der Waals surface area (Å²) in [5, 5.41) is 2.50. The zero-order chi connectivity index (χ0) is 13.0. The SMILES string of the molecule is CNC(=O)c1ccc(COc2cccc(C)c2)o1. The summed E-state index contributed by atoms with van der Waals surface area (Å²) in [6.07, 6.45) is 0. The Kier molecular flexibility index (Phi) is 3.67. The van der Waals surface area contributed by atoms with Gasteiger partial charge in [0.15, 0.2) is 5.76 Å². The number of hydrogen-bond acceptors (Lipinski definition) is 3. The number of nitrogens with one attached hydrogen (secondary N) is 1. The van der Waals surface area contributed by atoms with Gasteiger partial charge in [0.05, 0.1) is 0 Å². The number of carbonyl (C=O) groups excluding carboxylic acids is 1. The molecular formula is C14H15NO3. The van der Waals surface area contributed by atoms with Crippen molar-refractivity contribution in [1.29, 1.82) is 0 Å². The van der Waals surface area contributed by atoms with Gasteiger partial charge in [0.25, 0.3) is 5.91 Å². The molecule has 1 aromatic carbocycles. The monoisotopic (exact) mass is 245 g/mol. The van der Waals surface area contributed by atoms with Gasteiger partial charge in [-0.05, 0) is 36.8 Å². The topological polar surface area (TPSA) is 51.5 Å². The van der Waals surface area contributed by atoms with Crippen LogP contribution in [0.2, 0.25) is 0 Å². The van der Waals surface area contributed by atoms with Crippen LogP contribution in [0.4, 0.5) is 0 Å². The summed E-state index contributed by atoms with van der Waals surface area (Å²) in [4.78, 5) is 11.3. The highest BCUT2D eigenvalue weighted by molar-refractivity contribution is 5.91. The van der Waals surface area contributed by atoms with E-state index in [0.29, 0.717) is 18.1 Å². The Bertz CT molecular complexity index is 545. The van der Waals surface area contributed by atoms with Crippen LogP contribution in [0.25, 0.3) is 0 Å². The van der Waals surface area contributed by atoms with Crippen LogP contribution in [-0.4, -0.2) is 13.0 Å². The molecule has 0 spiro atoms. The quantitative estimate of drug-likeness (QED) is 0.900. The molecule has 0 bridgehead atoms. The fourth-order valence-corrected chi connectivity index (χ4v) is 1.56. The van der Waals surface area contributed by atoms with Crippen molar-refractivity contribution in [2.24, 2.45) is 0 Å². The lowest BCUT2D eigenvalue weighted by atomic mass is 10.2. The minimum absolute atomic E-state index is 0.239. The third-order valence-electron chi connectivity index (χ3n) is 2.48. The van der Waals surface area contributed by atoms with Crippen molar-refractivity contribution >= 4 is 5.91 Å². The molecule has 1 heterocycles. The summed E-state index contributed by atoms with van der Waals surface area (Å²) in [7, 11) is 1.56. The van der Waals surface area contributed by atoms with E-state index in [4.69, 9.17) is 9.15 Å². The third kappa shape index (κ3) is 2.91. The first kappa shape index (κ1) is 12.2. The van der Waals surface area contributed by atoms with Crippen molar-refractivity contribution < 1.29 is 13.9 Å². The maximum Gasteiger partial charge on any atom is 0.286 e. The van der Waals surface area contributed by atoms with E-state index < -0.39 is 0 Å². The van der Waals surface area contributed by atoms with E-state index in [1.54, 1.807) is 19.2 Å². The second-order valence-corrected chi connectivity index (χ2v) is 3.95. The fraction of sp³-hybridized carbons (Fsp3) is 0.214. The summed E-state index contributed by atoms with van der Waals surface area (Å²) >= 11 is 0. The van der Waals surface area contributed by atoms with E-state index in [1.165, 1.54) is 0 Å². The van der Waals surface area contributed by atoms with Gasteiger partial charge in [-0.2, -0.15) is 0 Å². The summed E-state index contributed by atoms with van der Waals surface area (Å²) < 4.78 is 10.9.